The van der Waals surface area contributed by atoms with Crippen LogP contribution < -0.4 is 0 Å². The van der Waals surface area contributed by atoms with Crippen molar-refractivity contribution in [3.05, 3.63) is 75.6 Å². The fraction of sp³-hybridized carbons (Fsp3) is 0.458. The van der Waals surface area contributed by atoms with Gasteiger partial charge >= 0.3 is 0 Å². The summed E-state index contributed by atoms with van der Waals surface area (Å²) in [5.41, 5.74) is 2.73. The SMILES string of the molecule is Cc1cccc(C(O)C(C)(C)c2cccc(Cl)c2)c1.O=C(O)[N-]C1CCCCC1.[Y]. The minimum Gasteiger partial charge on any atom is -0.615 e. The first-order valence-corrected chi connectivity index (χ1v) is 10.5. The number of carbonyl (C=O) groups is 1. The van der Waals surface area contributed by atoms with Crippen molar-refractivity contribution in [2.45, 2.75) is 70.4 Å². The van der Waals surface area contributed by atoms with E-state index in [0.717, 1.165) is 42.4 Å². The van der Waals surface area contributed by atoms with E-state index in [1.807, 2.05) is 69.3 Å². The Kier molecular flexibility index (Phi) is 11.6. The zero-order chi connectivity index (χ0) is 21.4. The molecule has 2 N–H and O–H groups in total. The van der Waals surface area contributed by atoms with Crippen LogP contribution in [0.2, 0.25) is 5.02 Å². The first-order valence-electron chi connectivity index (χ1n) is 10.1. The quantitative estimate of drug-likeness (QED) is 0.468. The van der Waals surface area contributed by atoms with E-state index in [2.05, 4.69) is 5.32 Å². The second-order valence-corrected chi connectivity index (χ2v) is 8.69. The maximum Gasteiger partial charge on any atom is 0.227 e. The van der Waals surface area contributed by atoms with Crippen molar-refractivity contribution in [3.63, 3.8) is 0 Å². The summed E-state index contributed by atoms with van der Waals surface area (Å²) in [4.78, 5) is 10.1. The van der Waals surface area contributed by atoms with Gasteiger partial charge in [0.25, 0.3) is 0 Å². The van der Waals surface area contributed by atoms with Crippen molar-refractivity contribution in [1.29, 1.82) is 0 Å². The van der Waals surface area contributed by atoms with Crippen LogP contribution in [-0.4, -0.2) is 22.3 Å². The van der Waals surface area contributed by atoms with Gasteiger partial charge in [-0.25, -0.2) is 0 Å². The molecule has 30 heavy (non-hydrogen) atoms. The van der Waals surface area contributed by atoms with Gasteiger partial charge in [0, 0.05) is 43.1 Å². The topological polar surface area (TPSA) is 71.6 Å². The number of hydrogen-bond donors (Lipinski definition) is 2. The molecule has 161 valence electrons. The van der Waals surface area contributed by atoms with E-state index in [9.17, 15) is 9.90 Å². The van der Waals surface area contributed by atoms with E-state index in [-0.39, 0.29) is 38.8 Å². The predicted octanol–water partition coefficient (Wildman–Crippen LogP) is 7.03. The summed E-state index contributed by atoms with van der Waals surface area (Å²) >= 11 is 6.05. The maximum atomic E-state index is 10.7. The molecule has 0 aliphatic heterocycles. The molecule has 1 saturated carbocycles. The second kappa shape index (κ2) is 12.8. The van der Waals surface area contributed by atoms with Crippen LogP contribution in [0.5, 0.6) is 0 Å². The van der Waals surface area contributed by atoms with Crippen molar-refractivity contribution >= 4 is 17.7 Å². The first kappa shape index (κ1) is 27.1. The normalized spacial score (nSPS) is 15.2. The minimum absolute atomic E-state index is 0. The predicted molar refractivity (Wildman–Crippen MR) is 119 cm³/mol. The molecule has 1 fully saturated rings. The van der Waals surface area contributed by atoms with E-state index >= 15 is 0 Å². The van der Waals surface area contributed by atoms with Crippen LogP contribution in [0.3, 0.4) is 0 Å². The van der Waals surface area contributed by atoms with Gasteiger partial charge in [-0.3, -0.25) is 4.79 Å². The Morgan fingerprint density at radius 2 is 1.73 bits per heavy atom. The van der Waals surface area contributed by atoms with Gasteiger partial charge < -0.3 is 15.5 Å². The number of nitrogens with zero attached hydrogens (tertiary/aromatic N) is 1. The number of aliphatic hydroxyl groups is 1. The number of carboxylic acid groups (broad SMARTS) is 1. The summed E-state index contributed by atoms with van der Waals surface area (Å²) in [5.74, 6) is 0. The molecule has 1 unspecified atom stereocenters. The van der Waals surface area contributed by atoms with Crippen LogP contribution in [-0.2, 0) is 38.1 Å². The molecule has 1 aliphatic rings. The first-order chi connectivity index (χ1) is 13.7. The second-order valence-electron chi connectivity index (χ2n) is 8.25. The standard InChI is InChI=1S/C17H19ClO.C7H12NO2.Y/c1-12-6-4-7-13(10-12)16(19)17(2,3)14-8-5-9-15(18)11-14;9-7(10)8-6-4-2-1-3-5-6;/h4-11,16,19H,1-3H3;6H,1-5H2,(H,9,10);/q;-1;. The Bertz CT molecular complexity index is 807. The fourth-order valence-electron chi connectivity index (χ4n) is 3.67. The summed E-state index contributed by atoms with van der Waals surface area (Å²) < 4.78 is 0. The Morgan fingerprint density at radius 3 is 2.30 bits per heavy atom. The van der Waals surface area contributed by atoms with E-state index in [0.29, 0.717) is 5.02 Å². The Balaban J connectivity index is 0.000000348. The smallest absolute Gasteiger partial charge is 0.227 e. The van der Waals surface area contributed by atoms with Crippen molar-refractivity contribution in [2.24, 2.45) is 0 Å². The zero-order valence-corrected chi connectivity index (χ0v) is 21.6. The molecule has 0 saturated heterocycles. The largest absolute Gasteiger partial charge is 0.615 e. The average molecular weight is 506 g/mol. The van der Waals surface area contributed by atoms with Gasteiger partial charge in [0.15, 0.2) is 0 Å². The Labute approximate surface area is 210 Å². The number of aliphatic hydroxyl groups excluding tert-OH is 1. The number of rotatable bonds is 4. The zero-order valence-electron chi connectivity index (χ0n) is 18.0. The molecule has 4 nitrogen and oxygen atoms in total. The van der Waals surface area contributed by atoms with Gasteiger partial charge in [-0.1, -0.05) is 99.5 Å². The molecule has 2 aromatic carbocycles. The van der Waals surface area contributed by atoms with E-state index in [4.69, 9.17) is 16.7 Å². The van der Waals surface area contributed by atoms with Crippen molar-refractivity contribution < 1.29 is 47.7 Å². The molecule has 0 aromatic heterocycles. The summed E-state index contributed by atoms with van der Waals surface area (Å²) in [7, 11) is 0. The molecule has 0 spiro atoms. The van der Waals surface area contributed by atoms with E-state index < -0.39 is 17.6 Å². The van der Waals surface area contributed by atoms with Crippen LogP contribution in [0.25, 0.3) is 5.32 Å². The Morgan fingerprint density at radius 1 is 1.10 bits per heavy atom. The number of aryl methyl sites for hydroxylation is 1. The van der Waals surface area contributed by atoms with E-state index in [1.54, 1.807) is 0 Å². The molecular formula is C24H31ClNO3Y-. The van der Waals surface area contributed by atoms with Crippen LogP contribution in [0, 0.1) is 6.92 Å². The van der Waals surface area contributed by atoms with E-state index in [1.165, 1.54) is 6.42 Å². The van der Waals surface area contributed by atoms with Crippen LogP contribution >= 0.6 is 11.6 Å². The van der Waals surface area contributed by atoms with Gasteiger partial charge in [-0.2, -0.15) is 0 Å². The molecule has 1 aliphatic carbocycles. The van der Waals surface area contributed by atoms with Crippen LogP contribution in [0.4, 0.5) is 4.79 Å². The van der Waals surface area contributed by atoms with Gasteiger partial charge in [-0.15, -0.1) is 6.04 Å². The van der Waals surface area contributed by atoms with Gasteiger partial charge in [0.1, 0.15) is 0 Å². The van der Waals surface area contributed by atoms with Crippen molar-refractivity contribution in [2.75, 3.05) is 0 Å². The van der Waals surface area contributed by atoms with Crippen LogP contribution in [0.15, 0.2) is 48.5 Å². The molecule has 1 radical (unpaired) electrons. The third kappa shape index (κ3) is 8.30. The number of halogens is 1. The fourth-order valence-corrected chi connectivity index (χ4v) is 3.86. The van der Waals surface area contributed by atoms with Gasteiger partial charge in [0.05, 0.1) is 6.10 Å². The average Bonchev–Trinajstić information content (AvgIpc) is 2.68. The summed E-state index contributed by atoms with van der Waals surface area (Å²) in [6.07, 6.45) is 3.88. The molecular weight excluding hydrogens is 475 g/mol. The van der Waals surface area contributed by atoms with Crippen molar-refractivity contribution in [3.8, 4) is 0 Å². The molecule has 1 atom stereocenters. The maximum absolute atomic E-state index is 10.7. The monoisotopic (exact) mass is 505 g/mol. The molecule has 3 rings (SSSR count). The van der Waals surface area contributed by atoms with Crippen molar-refractivity contribution in [1.82, 2.24) is 0 Å². The minimum atomic E-state index is -1.01. The Hall–Kier alpha value is -0.936. The van der Waals surface area contributed by atoms with Gasteiger partial charge in [-0.05, 0) is 30.2 Å². The number of amides is 1. The van der Waals surface area contributed by atoms with Gasteiger partial charge in [0.2, 0.25) is 6.09 Å². The molecule has 1 amide bonds. The number of benzene rings is 2. The third-order valence-electron chi connectivity index (χ3n) is 5.48. The summed E-state index contributed by atoms with van der Waals surface area (Å²) in [6, 6.07) is 15.8. The van der Waals surface area contributed by atoms with Crippen LogP contribution in [0.1, 0.15) is 68.7 Å². The summed E-state index contributed by atoms with van der Waals surface area (Å²) in [6.45, 7) is 6.10. The third-order valence-corrected chi connectivity index (χ3v) is 5.71. The summed E-state index contributed by atoms with van der Waals surface area (Å²) in [5, 5.41) is 23.2. The number of hydrogen-bond acceptors (Lipinski definition) is 2. The molecule has 0 heterocycles. The molecule has 0 bridgehead atoms. The molecule has 6 heteroatoms. The molecule has 2 aromatic rings.